The number of furan rings is 1. The van der Waals surface area contributed by atoms with Crippen LogP contribution in [0.4, 0.5) is 5.69 Å². The molecule has 1 aromatic carbocycles. The lowest BCUT2D eigenvalue weighted by Gasteiger charge is -2.30. The van der Waals surface area contributed by atoms with Crippen molar-refractivity contribution >= 4 is 17.6 Å². The molecule has 3 unspecified atom stereocenters. The van der Waals surface area contributed by atoms with Crippen LogP contribution in [-0.4, -0.2) is 28.9 Å². The summed E-state index contributed by atoms with van der Waals surface area (Å²) in [6.07, 6.45) is 3.33. The van der Waals surface area contributed by atoms with E-state index in [0.29, 0.717) is 17.2 Å². The smallest absolute Gasteiger partial charge is 0.375 e. The molecule has 0 radical (unpaired) electrons. The molecule has 1 fully saturated rings. The van der Waals surface area contributed by atoms with Crippen molar-refractivity contribution in [3.05, 3.63) is 52.3 Å². The van der Waals surface area contributed by atoms with Gasteiger partial charge >= 0.3 is 5.97 Å². The monoisotopic (exact) mass is 400 g/mol. The summed E-state index contributed by atoms with van der Waals surface area (Å²) in [4.78, 5) is 34.9. The molecule has 0 saturated heterocycles. The van der Waals surface area contributed by atoms with Crippen LogP contribution < -0.4 is 5.32 Å². The maximum absolute atomic E-state index is 12.4. The first-order valence-electron chi connectivity index (χ1n) is 9.71. The van der Waals surface area contributed by atoms with Crippen molar-refractivity contribution < 1.29 is 23.7 Å². The van der Waals surface area contributed by atoms with E-state index in [0.717, 1.165) is 19.3 Å². The quantitative estimate of drug-likeness (QED) is 0.444. The van der Waals surface area contributed by atoms with Crippen LogP contribution in [0.1, 0.15) is 50.1 Å². The van der Waals surface area contributed by atoms with Gasteiger partial charge in [0.05, 0.1) is 4.92 Å². The Morgan fingerprint density at radius 3 is 2.52 bits per heavy atom. The summed E-state index contributed by atoms with van der Waals surface area (Å²) >= 11 is 0. The minimum atomic E-state index is -0.940. The number of nitrogens with one attached hydrogen (secondary N) is 1. The van der Waals surface area contributed by atoms with E-state index in [9.17, 15) is 19.7 Å². The Morgan fingerprint density at radius 2 is 1.86 bits per heavy atom. The molecule has 8 heteroatoms. The van der Waals surface area contributed by atoms with E-state index in [1.54, 1.807) is 6.07 Å². The molecule has 0 aliphatic heterocycles. The third-order valence-corrected chi connectivity index (χ3v) is 5.26. The molecule has 1 aliphatic carbocycles. The van der Waals surface area contributed by atoms with Crippen molar-refractivity contribution in [3.8, 4) is 11.3 Å². The Morgan fingerprint density at radius 1 is 1.17 bits per heavy atom. The summed E-state index contributed by atoms with van der Waals surface area (Å²) in [5.74, 6) is -0.314. The largest absolute Gasteiger partial charge is 0.449 e. The first kappa shape index (κ1) is 20.6. The second-order valence-corrected chi connectivity index (χ2v) is 7.39. The zero-order valence-corrected chi connectivity index (χ0v) is 16.4. The number of amides is 1. The number of nitro groups is 1. The molecular formula is C21H24N2O6. The maximum atomic E-state index is 12.4. The highest BCUT2D eigenvalue weighted by Gasteiger charge is 2.27. The fraction of sp³-hybridized carbons (Fsp3) is 0.429. The summed E-state index contributed by atoms with van der Waals surface area (Å²) < 4.78 is 10.7. The van der Waals surface area contributed by atoms with Crippen LogP contribution in [0, 0.1) is 16.0 Å². The normalized spacial score (nSPS) is 19.9. The number of benzene rings is 1. The Hall–Kier alpha value is -3.16. The fourth-order valence-electron chi connectivity index (χ4n) is 3.45. The number of rotatable bonds is 6. The van der Waals surface area contributed by atoms with E-state index in [4.69, 9.17) is 9.15 Å². The molecule has 1 aliphatic rings. The third kappa shape index (κ3) is 5.01. The number of nitrogens with zero attached hydrogens (tertiary/aromatic N) is 1. The van der Waals surface area contributed by atoms with E-state index < -0.39 is 17.0 Å². The number of carbonyl (C=O) groups is 2. The van der Waals surface area contributed by atoms with Crippen molar-refractivity contribution in [2.45, 2.75) is 51.7 Å². The van der Waals surface area contributed by atoms with Gasteiger partial charge in [-0.15, -0.1) is 0 Å². The second-order valence-electron chi connectivity index (χ2n) is 7.39. The van der Waals surface area contributed by atoms with Crippen molar-refractivity contribution in [3.63, 3.8) is 0 Å². The topological polar surface area (TPSA) is 112 Å². The van der Waals surface area contributed by atoms with Crippen LogP contribution in [0.5, 0.6) is 0 Å². The zero-order chi connectivity index (χ0) is 21.0. The van der Waals surface area contributed by atoms with Gasteiger partial charge in [-0.05, 0) is 49.9 Å². The predicted molar refractivity (Wildman–Crippen MR) is 105 cm³/mol. The minimum Gasteiger partial charge on any atom is -0.449 e. The van der Waals surface area contributed by atoms with Gasteiger partial charge < -0.3 is 14.5 Å². The van der Waals surface area contributed by atoms with E-state index in [1.165, 1.54) is 43.7 Å². The average Bonchev–Trinajstić information content (AvgIpc) is 3.20. The van der Waals surface area contributed by atoms with Crippen LogP contribution in [0.3, 0.4) is 0 Å². The molecule has 8 nitrogen and oxygen atoms in total. The summed E-state index contributed by atoms with van der Waals surface area (Å²) in [7, 11) is 0. The second kappa shape index (κ2) is 8.89. The summed E-state index contributed by atoms with van der Waals surface area (Å²) in [6.45, 7) is 3.64. The number of non-ortho nitro benzene ring substituents is 1. The minimum absolute atomic E-state index is 0.0351. The molecule has 1 heterocycles. The van der Waals surface area contributed by atoms with Gasteiger partial charge in [-0.3, -0.25) is 14.9 Å². The number of hydrogen-bond donors (Lipinski definition) is 1. The van der Waals surface area contributed by atoms with Crippen LogP contribution in [0.2, 0.25) is 0 Å². The highest BCUT2D eigenvalue weighted by atomic mass is 16.6. The van der Waals surface area contributed by atoms with Crippen molar-refractivity contribution in [1.29, 1.82) is 0 Å². The molecule has 0 spiro atoms. The number of carbonyl (C=O) groups excluding carboxylic acids is 2. The molecular weight excluding hydrogens is 376 g/mol. The van der Waals surface area contributed by atoms with Gasteiger partial charge in [0.2, 0.25) is 5.76 Å². The Labute approximate surface area is 168 Å². The molecule has 1 saturated carbocycles. The van der Waals surface area contributed by atoms with Crippen molar-refractivity contribution in [2.24, 2.45) is 5.92 Å². The summed E-state index contributed by atoms with van der Waals surface area (Å²) in [5.41, 5.74) is 0.554. The number of esters is 1. The lowest BCUT2D eigenvalue weighted by molar-refractivity contribution is -0.384. The molecule has 2 aromatic rings. The van der Waals surface area contributed by atoms with Crippen LogP contribution in [0.15, 0.2) is 40.8 Å². The van der Waals surface area contributed by atoms with E-state index >= 15 is 0 Å². The molecule has 1 amide bonds. The Kier molecular flexibility index (Phi) is 6.31. The SMILES string of the molecule is CC(OC(=O)c1ccc(-c2ccc([N+](=O)[O-])cc2)o1)C(=O)NC1CCCCC1C. The molecule has 0 bridgehead atoms. The maximum Gasteiger partial charge on any atom is 0.375 e. The molecule has 1 N–H and O–H groups in total. The highest BCUT2D eigenvalue weighted by Crippen LogP contribution is 2.26. The van der Waals surface area contributed by atoms with Gasteiger partial charge in [-0.25, -0.2) is 4.79 Å². The fourth-order valence-corrected chi connectivity index (χ4v) is 3.45. The molecule has 3 rings (SSSR count). The highest BCUT2D eigenvalue weighted by molar-refractivity contribution is 5.90. The molecule has 3 atom stereocenters. The van der Waals surface area contributed by atoms with E-state index in [2.05, 4.69) is 12.2 Å². The number of ether oxygens (including phenoxy) is 1. The number of nitro benzene ring substituents is 1. The van der Waals surface area contributed by atoms with Crippen LogP contribution in [0.25, 0.3) is 11.3 Å². The lowest BCUT2D eigenvalue weighted by atomic mass is 9.86. The first-order chi connectivity index (χ1) is 13.8. The van der Waals surface area contributed by atoms with E-state index in [-0.39, 0.29) is 23.4 Å². The van der Waals surface area contributed by atoms with Crippen molar-refractivity contribution in [1.82, 2.24) is 5.32 Å². The average molecular weight is 400 g/mol. The third-order valence-electron chi connectivity index (χ3n) is 5.26. The van der Waals surface area contributed by atoms with Gasteiger partial charge in [0.15, 0.2) is 6.10 Å². The predicted octanol–water partition coefficient (Wildman–Crippen LogP) is 4.10. The van der Waals surface area contributed by atoms with Gasteiger partial charge in [-0.2, -0.15) is 0 Å². The molecule has 1 aromatic heterocycles. The summed E-state index contributed by atoms with van der Waals surface area (Å²) in [5, 5.41) is 13.7. The van der Waals surface area contributed by atoms with Gasteiger partial charge in [0.25, 0.3) is 11.6 Å². The van der Waals surface area contributed by atoms with Gasteiger partial charge in [0.1, 0.15) is 5.76 Å². The first-order valence-corrected chi connectivity index (χ1v) is 9.71. The van der Waals surface area contributed by atoms with Gasteiger partial charge in [0, 0.05) is 23.7 Å². The van der Waals surface area contributed by atoms with Crippen molar-refractivity contribution in [2.75, 3.05) is 0 Å². The Bertz CT molecular complexity index is 889. The Balaban J connectivity index is 1.59. The van der Waals surface area contributed by atoms with E-state index in [1.807, 2.05) is 0 Å². The standard InChI is InChI=1S/C21H24N2O6/c1-13-5-3-4-6-17(13)22-20(24)14(2)28-21(25)19-12-11-18(29-19)15-7-9-16(10-8-15)23(26)27/h7-14,17H,3-6H2,1-2H3,(H,22,24). The lowest BCUT2D eigenvalue weighted by Crippen LogP contribution is -2.45. The zero-order valence-electron chi connectivity index (χ0n) is 16.4. The van der Waals surface area contributed by atoms with Crippen LogP contribution in [-0.2, 0) is 9.53 Å². The molecule has 154 valence electrons. The number of hydrogen-bond acceptors (Lipinski definition) is 6. The van der Waals surface area contributed by atoms with Crippen LogP contribution >= 0.6 is 0 Å². The summed E-state index contributed by atoms with van der Waals surface area (Å²) in [6, 6.07) is 8.91. The van der Waals surface area contributed by atoms with Gasteiger partial charge in [-0.1, -0.05) is 19.8 Å². The molecule has 29 heavy (non-hydrogen) atoms.